The van der Waals surface area contributed by atoms with Gasteiger partial charge in [-0.3, -0.25) is 14.6 Å². The number of amides is 1. The highest BCUT2D eigenvalue weighted by atomic mass is 35.5. The van der Waals surface area contributed by atoms with Crippen molar-refractivity contribution in [1.29, 1.82) is 0 Å². The number of carbonyl (C=O) groups is 2. The third-order valence-corrected chi connectivity index (χ3v) is 5.39. The number of aromatic nitrogens is 1. The Morgan fingerprint density at radius 2 is 2.00 bits per heavy atom. The SMILES string of the molecule is CC(CN(C(=O)c1cc(C2CC2)nc2ccc(Cl)cc12)C1CC1)C(=O)O. The number of benzene rings is 1. The monoisotopic (exact) mass is 372 g/mol. The normalized spacial score (nSPS) is 17.9. The van der Waals surface area contributed by atoms with E-state index in [4.69, 9.17) is 16.6 Å². The lowest BCUT2D eigenvalue weighted by Crippen LogP contribution is -2.38. The molecule has 2 aliphatic rings. The second-order valence-corrected chi connectivity index (χ2v) is 7.89. The van der Waals surface area contributed by atoms with Crippen LogP contribution in [0.1, 0.15) is 54.6 Å². The molecule has 1 N–H and O–H groups in total. The number of pyridine rings is 1. The summed E-state index contributed by atoms with van der Waals surface area (Å²) >= 11 is 6.16. The Bertz CT molecular complexity index is 890. The molecular weight excluding hydrogens is 352 g/mol. The van der Waals surface area contributed by atoms with Crippen LogP contribution >= 0.6 is 11.6 Å². The molecule has 136 valence electrons. The van der Waals surface area contributed by atoms with Crippen LogP contribution in [0, 0.1) is 5.92 Å². The van der Waals surface area contributed by atoms with E-state index in [2.05, 4.69) is 0 Å². The van der Waals surface area contributed by atoms with Crippen molar-refractivity contribution >= 4 is 34.4 Å². The molecule has 2 aliphatic carbocycles. The van der Waals surface area contributed by atoms with Crippen molar-refractivity contribution in [3.05, 3.63) is 40.5 Å². The third-order valence-electron chi connectivity index (χ3n) is 5.16. The van der Waals surface area contributed by atoms with Crippen molar-refractivity contribution in [1.82, 2.24) is 9.88 Å². The summed E-state index contributed by atoms with van der Waals surface area (Å²) in [4.78, 5) is 31.1. The molecule has 1 heterocycles. The second kappa shape index (κ2) is 6.54. The van der Waals surface area contributed by atoms with Gasteiger partial charge in [0.25, 0.3) is 5.91 Å². The fourth-order valence-corrected chi connectivity index (χ4v) is 3.47. The number of fused-ring (bicyclic) bond motifs is 1. The minimum absolute atomic E-state index is 0.114. The first kappa shape index (κ1) is 17.3. The summed E-state index contributed by atoms with van der Waals surface area (Å²) in [7, 11) is 0. The largest absolute Gasteiger partial charge is 0.481 e. The number of carboxylic acid groups (broad SMARTS) is 1. The molecule has 1 aromatic carbocycles. The summed E-state index contributed by atoms with van der Waals surface area (Å²) in [5, 5.41) is 10.5. The number of halogens is 1. The van der Waals surface area contributed by atoms with Gasteiger partial charge in [0.2, 0.25) is 0 Å². The molecule has 2 saturated carbocycles. The Kier molecular flexibility index (Phi) is 4.35. The number of carbonyl (C=O) groups excluding carboxylic acids is 1. The van der Waals surface area contributed by atoms with Crippen LogP contribution in [-0.4, -0.2) is 39.5 Å². The smallest absolute Gasteiger partial charge is 0.308 e. The van der Waals surface area contributed by atoms with Crippen molar-refractivity contribution in [3.8, 4) is 0 Å². The molecule has 0 radical (unpaired) electrons. The fourth-order valence-electron chi connectivity index (χ4n) is 3.30. The fraction of sp³-hybridized carbons (Fsp3) is 0.450. The van der Waals surface area contributed by atoms with Crippen molar-refractivity contribution in [2.75, 3.05) is 6.54 Å². The highest BCUT2D eigenvalue weighted by Crippen LogP contribution is 2.41. The van der Waals surface area contributed by atoms with Crippen LogP contribution in [0.15, 0.2) is 24.3 Å². The van der Waals surface area contributed by atoms with Crippen LogP contribution in [-0.2, 0) is 4.79 Å². The quantitative estimate of drug-likeness (QED) is 0.829. The van der Waals surface area contributed by atoms with Gasteiger partial charge in [0.1, 0.15) is 0 Å². The summed E-state index contributed by atoms with van der Waals surface area (Å²) in [6.07, 6.45) is 4.05. The number of rotatable bonds is 6. The summed E-state index contributed by atoms with van der Waals surface area (Å²) < 4.78 is 0. The van der Waals surface area contributed by atoms with E-state index < -0.39 is 11.9 Å². The van der Waals surface area contributed by atoms with Crippen LogP contribution in [0.5, 0.6) is 0 Å². The number of hydrogen-bond donors (Lipinski definition) is 1. The number of aliphatic carboxylic acids is 1. The molecule has 5 nitrogen and oxygen atoms in total. The van der Waals surface area contributed by atoms with Crippen LogP contribution < -0.4 is 0 Å². The Morgan fingerprint density at radius 1 is 1.27 bits per heavy atom. The Morgan fingerprint density at radius 3 is 2.62 bits per heavy atom. The second-order valence-electron chi connectivity index (χ2n) is 7.46. The van der Waals surface area contributed by atoms with Crippen molar-refractivity contribution < 1.29 is 14.7 Å². The molecule has 1 aromatic heterocycles. The van der Waals surface area contributed by atoms with Gasteiger partial charge in [-0.05, 0) is 49.9 Å². The standard InChI is InChI=1S/C20H21ClN2O3/c1-11(20(25)26)10-23(14-5-6-14)19(24)16-9-18(12-2-3-12)22-17-7-4-13(21)8-15(16)17/h4,7-9,11-12,14H,2-3,5-6,10H2,1H3,(H,25,26). The molecule has 1 unspecified atom stereocenters. The van der Waals surface area contributed by atoms with Gasteiger partial charge in [-0.1, -0.05) is 18.5 Å². The van der Waals surface area contributed by atoms with Crippen LogP contribution in [0.2, 0.25) is 5.02 Å². The van der Waals surface area contributed by atoms with E-state index in [1.54, 1.807) is 24.0 Å². The molecule has 1 atom stereocenters. The van der Waals surface area contributed by atoms with Gasteiger partial charge < -0.3 is 10.0 Å². The summed E-state index contributed by atoms with van der Waals surface area (Å²) in [5.74, 6) is -1.17. The summed E-state index contributed by atoms with van der Waals surface area (Å²) in [5.41, 5.74) is 2.30. The molecule has 6 heteroatoms. The minimum Gasteiger partial charge on any atom is -0.481 e. The lowest BCUT2D eigenvalue weighted by atomic mass is 10.0. The predicted octanol–water partition coefficient (Wildman–Crippen LogP) is 4.09. The van der Waals surface area contributed by atoms with E-state index in [0.29, 0.717) is 16.5 Å². The Labute approximate surface area is 157 Å². The van der Waals surface area contributed by atoms with Gasteiger partial charge in [-0.15, -0.1) is 0 Å². The zero-order valence-corrected chi connectivity index (χ0v) is 15.4. The van der Waals surface area contributed by atoms with Crippen LogP contribution in [0.25, 0.3) is 10.9 Å². The molecule has 0 spiro atoms. The zero-order valence-electron chi connectivity index (χ0n) is 14.6. The van der Waals surface area contributed by atoms with Crippen molar-refractivity contribution in [3.63, 3.8) is 0 Å². The van der Waals surface area contributed by atoms with E-state index in [1.807, 2.05) is 12.1 Å². The number of nitrogens with zero attached hydrogens (tertiary/aromatic N) is 2. The first-order chi connectivity index (χ1) is 12.4. The molecule has 26 heavy (non-hydrogen) atoms. The maximum absolute atomic E-state index is 13.4. The molecule has 2 fully saturated rings. The molecule has 4 rings (SSSR count). The maximum Gasteiger partial charge on any atom is 0.308 e. The van der Waals surface area contributed by atoms with Crippen molar-refractivity contribution in [2.24, 2.45) is 5.92 Å². The molecule has 0 bridgehead atoms. The topological polar surface area (TPSA) is 70.5 Å². The average Bonchev–Trinajstić information content (AvgIpc) is 3.49. The minimum atomic E-state index is -0.884. The van der Waals surface area contributed by atoms with E-state index in [0.717, 1.165) is 42.3 Å². The van der Waals surface area contributed by atoms with Gasteiger partial charge in [0.05, 0.1) is 17.0 Å². The Balaban J connectivity index is 1.76. The lowest BCUT2D eigenvalue weighted by Gasteiger charge is -2.25. The molecule has 2 aromatic rings. The van der Waals surface area contributed by atoms with Gasteiger partial charge in [-0.25, -0.2) is 0 Å². The van der Waals surface area contributed by atoms with Gasteiger partial charge in [0, 0.05) is 34.6 Å². The van der Waals surface area contributed by atoms with E-state index in [-0.39, 0.29) is 18.5 Å². The summed E-state index contributed by atoms with van der Waals surface area (Å²) in [6.45, 7) is 1.87. The highest BCUT2D eigenvalue weighted by Gasteiger charge is 2.36. The third kappa shape index (κ3) is 3.40. The number of carboxylic acids is 1. The van der Waals surface area contributed by atoms with E-state index in [1.165, 1.54) is 0 Å². The van der Waals surface area contributed by atoms with Gasteiger partial charge >= 0.3 is 5.97 Å². The maximum atomic E-state index is 13.4. The van der Waals surface area contributed by atoms with Gasteiger partial charge in [0.15, 0.2) is 0 Å². The first-order valence-corrected chi connectivity index (χ1v) is 9.46. The van der Waals surface area contributed by atoms with Crippen molar-refractivity contribution in [2.45, 2.75) is 44.6 Å². The number of hydrogen-bond acceptors (Lipinski definition) is 3. The predicted molar refractivity (Wildman–Crippen MR) is 99.6 cm³/mol. The average molecular weight is 373 g/mol. The zero-order chi connectivity index (χ0) is 18.4. The molecular formula is C20H21ClN2O3. The van der Waals surface area contributed by atoms with E-state index >= 15 is 0 Å². The van der Waals surface area contributed by atoms with Crippen LogP contribution in [0.3, 0.4) is 0 Å². The molecule has 1 amide bonds. The molecule has 0 saturated heterocycles. The highest BCUT2D eigenvalue weighted by molar-refractivity contribution is 6.31. The lowest BCUT2D eigenvalue weighted by molar-refractivity contribution is -0.141. The summed E-state index contributed by atoms with van der Waals surface area (Å²) in [6, 6.07) is 7.43. The Hall–Kier alpha value is -2.14. The van der Waals surface area contributed by atoms with E-state index in [9.17, 15) is 14.7 Å². The van der Waals surface area contributed by atoms with Crippen LogP contribution in [0.4, 0.5) is 0 Å². The van der Waals surface area contributed by atoms with Gasteiger partial charge in [-0.2, -0.15) is 0 Å². The molecule has 0 aliphatic heterocycles. The first-order valence-electron chi connectivity index (χ1n) is 9.08.